The highest BCUT2D eigenvalue weighted by atomic mass is 14.9. The molecule has 0 aliphatic heterocycles. The van der Waals surface area contributed by atoms with Crippen molar-refractivity contribution in [3.63, 3.8) is 0 Å². The van der Waals surface area contributed by atoms with Gasteiger partial charge in [0, 0.05) is 12.0 Å². The van der Waals surface area contributed by atoms with Gasteiger partial charge in [-0.3, -0.25) is 0 Å². The molecule has 1 aliphatic rings. The molecule has 1 saturated carbocycles. The van der Waals surface area contributed by atoms with Crippen LogP contribution in [-0.4, -0.2) is 7.05 Å². The molecule has 3 rings (SSSR count). The molecule has 0 saturated heterocycles. The van der Waals surface area contributed by atoms with Crippen LogP contribution in [0.5, 0.6) is 0 Å². The van der Waals surface area contributed by atoms with E-state index in [1.807, 2.05) is 6.07 Å². The number of benzene rings is 2. The number of hydrogen-bond acceptors (Lipinski definition) is 1. The van der Waals surface area contributed by atoms with Gasteiger partial charge in [-0.2, -0.15) is 0 Å². The maximum absolute atomic E-state index is 3.57. The zero-order chi connectivity index (χ0) is 16.6. The van der Waals surface area contributed by atoms with Crippen LogP contribution in [0.1, 0.15) is 68.0 Å². The Bertz CT molecular complexity index is 571. The van der Waals surface area contributed by atoms with E-state index in [-0.39, 0.29) is 0 Å². The quantitative estimate of drug-likeness (QED) is 0.670. The highest BCUT2D eigenvalue weighted by Gasteiger charge is 2.25. The standard InChI is InChI=1S/C23H30N/c1-24-23(21-15-9-4-10-16-21)22(20-13-7-3-8-14-20)18-17-19-11-5-2-6-12-19/h3-4,7-10,13-15,19,22-24H,2,5-6,11-12,17-18H2,1H3. The molecule has 2 aromatic rings. The van der Waals surface area contributed by atoms with Gasteiger partial charge >= 0.3 is 0 Å². The van der Waals surface area contributed by atoms with Gasteiger partial charge in [0.15, 0.2) is 0 Å². The van der Waals surface area contributed by atoms with Crippen LogP contribution in [0.3, 0.4) is 0 Å². The summed E-state index contributed by atoms with van der Waals surface area (Å²) in [5.41, 5.74) is 2.72. The molecule has 1 nitrogen and oxygen atoms in total. The van der Waals surface area contributed by atoms with Crippen molar-refractivity contribution in [2.75, 3.05) is 7.05 Å². The summed E-state index contributed by atoms with van der Waals surface area (Å²) in [4.78, 5) is 0. The Morgan fingerprint density at radius 2 is 1.75 bits per heavy atom. The van der Waals surface area contributed by atoms with Crippen molar-refractivity contribution in [3.8, 4) is 0 Å². The summed E-state index contributed by atoms with van der Waals surface area (Å²) in [6, 6.07) is 23.2. The van der Waals surface area contributed by atoms with E-state index in [1.54, 1.807) is 0 Å². The molecule has 2 unspecified atom stereocenters. The lowest BCUT2D eigenvalue weighted by atomic mass is 9.79. The van der Waals surface area contributed by atoms with E-state index >= 15 is 0 Å². The molecule has 1 heteroatoms. The lowest BCUT2D eigenvalue weighted by Crippen LogP contribution is -2.25. The first-order valence-corrected chi connectivity index (χ1v) is 9.57. The Kier molecular flexibility index (Phi) is 6.48. The molecule has 0 aromatic heterocycles. The molecule has 0 heterocycles. The van der Waals surface area contributed by atoms with Gasteiger partial charge in [-0.05, 0) is 43.0 Å². The first-order valence-electron chi connectivity index (χ1n) is 9.57. The minimum Gasteiger partial charge on any atom is -0.312 e. The summed E-state index contributed by atoms with van der Waals surface area (Å²) in [7, 11) is 2.09. The average molecular weight is 320 g/mol. The zero-order valence-electron chi connectivity index (χ0n) is 14.9. The molecule has 24 heavy (non-hydrogen) atoms. The van der Waals surface area contributed by atoms with E-state index in [0.717, 1.165) is 5.92 Å². The summed E-state index contributed by atoms with van der Waals surface area (Å²) < 4.78 is 0. The van der Waals surface area contributed by atoms with Gasteiger partial charge in [-0.15, -0.1) is 0 Å². The molecule has 127 valence electrons. The van der Waals surface area contributed by atoms with Crippen LogP contribution in [0.2, 0.25) is 0 Å². The SMILES string of the molecule is CNC(c1[c]cccc1)C(CCC1CCCCC1)c1ccccc1. The predicted molar refractivity (Wildman–Crippen MR) is 102 cm³/mol. The lowest BCUT2D eigenvalue weighted by Gasteiger charge is -2.30. The topological polar surface area (TPSA) is 12.0 Å². The molecule has 2 atom stereocenters. The third-order valence-corrected chi connectivity index (χ3v) is 5.62. The summed E-state index contributed by atoms with van der Waals surface area (Å²) >= 11 is 0. The van der Waals surface area contributed by atoms with Gasteiger partial charge < -0.3 is 5.32 Å². The molecule has 0 amide bonds. The fourth-order valence-electron chi connectivity index (χ4n) is 4.29. The summed E-state index contributed by atoms with van der Waals surface area (Å²) in [5.74, 6) is 1.44. The van der Waals surface area contributed by atoms with Gasteiger partial charge in [-0.25, -0.2) is 0 Å². The third-order valence-electron chi connectivity index (χ3n) is 5.62. The first-order chi connectivity index (χ1) is 11.9. The Morgan fingerprint density at radius 1 is 1.00 bits per heavy atom. The number of likely N-dealkylation sites (N-methyl/N-ethyl adjacent to an activating group) is 1. The molecule has 1 N–H and O–H groups in total. The van der Waals surface area contributed by atoms with Gasteiger partial charge in [-0.1, -0.05) is 86.7 Å². The first kappa shape index (κ1) is 17.2. The summed E-state index contributed by atoms with van der Waals surface area (Å²) in [6.45, 7) is 0. The van der Waals surface area contributed by atoms with E-state index in [1.165, 1.54) is 56.1 Å². The van der Waals surface area contributed by atoms with Crippen LogP contribution in [0.25, 0.3) is 0 Å². The smallest absolute Gasteiger partial charge is 0.0393 e. The molecule has 2 aromatic carbocycles. The fraction of sp³-hybridized carbons (Fsp3) is 0.478. The fourth-order valence-corrected chi connectivity index (χ4v) is 4.29. The maximum Gasteiger partial charge on any atom is 0.0393 e. The van der Waals surface area contributed by atoms with Crippen molar-refractivity contribution in [2.24, 2.45) is 5.92 Å². The normalized spacial score (nSPS) is 18.2. The minimum atomic E-state index is 0.331. The Morgan fingerprint density at radius 3 is 2.42 bits per heavy atom. The van der Waals surface area contributed by atoms with Crippen LogP contribution >= 0.6 is 0 Å². The van der Waals surface area contributed by atoms with E-state index in [4.69, 9.17) is 0 Å². The molecule has 0 bridgehead atoms. The van der Waals surface area contributed by atoms with E-state index in [2.05, 4.69) is 67.0 Å². The number of hydrogen-bond donors (Lipinski definition) is 1. The monoisotopic (exact) mass is 320 g/mol. The Hall–Kier alpha value is -1.60. The second-order valence-corrected chi connectivity index (χ2v) is 7.18. The minimum absolute atomic E-state index is 0.331. The van der Waals surface area contributed by atoms with Crippen molar-refractivity contribution in [1.29, 1.82) is 0 Å². The van der Waals surface area contributed by atoms with Gasteiger partial charge in [0.2, 0.25) is 0 Å². The Balaban J connectivity index is 1.78. The molecular weight excluding hydrogens is 290 g/mol. The zero-order valence-corrected chi connectivity index (χ0v) is 14.9. The second-order valence-electron chi connectivity index (χ2n) is 7.18. The maximum atomic E-state index is 3.57. The molecule has 1 fully saturated rings. The van der Waals surface area contributed by atoms with Crippen molar-refractivity contribution in [2.45, 2.75) is 56.9 Å². The van der Waals surface area contributed by atoms with Crippen LogP contribution in [0.15, 0.2) is 54.6 Å². The average Bonchev–Trinajstić information content (AvgIpc) is 2.67. The third kappa shape index (κ3) is 4.48. The highest BCUT2D eigenvalue weighted by molar-refractivity contribution is 5.27. The van der Waals surface area contributed by atoms with Crippen LogP contribution in [0.4, 0.5) is 0 Å². The molecule has 0 spiro atoms. The van der Waals surface area contributed by atoms with Crippen molar-refractivity contribution in [1.82, 2.24) is 5.32 Å². The molecule has 1 radical (unpaired) electrons. The van der Waals surface area contributed by atoms with Crippen molar-refractivity contribution >= 4 is 0 Å². The number of rotatable bonds is 7. The molecule has 1 aliphatic carbocycles. The second kappa shape index (κ2) is 9.03. The van der Waals surface area contributed by atoms with Crippen molar-refractivity contribution < 1.29 is 0 Å². The van der Waals surface area contributed by atoms with E-state index < -0.39 is 0 Å². The predicted octanol–water partition coefficient (Wildman–Crippen LogP) is 5.89. The van der Waals surface area contributed by atoms with Crippen LogP contribution in [0, 0.1) is 12.0 Å². The summed E-state index contributed by atoms with van der Waals surface area (Å²) in [6.07, 6.45) is 9.78. The highest BCUT2D eigenvalue weighted by Crippen LogP contribution is 2.37. The lowest BCUT2D eigenvalue weighted by molar-refractivity contribution is 0.310. The van der Waals surface area contributed by atoms with E-state index in [0.29, 0.717) is 12.0 Å². The van der Waals surface area contributed by atoms with Crippen molar-refractivity contribution in [3.05, 3.63) is 71.8 Å². The van der Waals surface area contributed by atoms with Crippen LogP contribution < -0.4 is 5.32 Å². The largest absolute Gasteiger partial charge is 0.312 e. The molecular formula is C23H30N. The van der Waals surface area contributed by atoms with Gasteiger partial charge in [0.25, 0.3) is 0 Å². The van der Waals surface area contributed by atoms with E-state index in [9.17, 15) is 0 Å². The van der Waals surface area contributed by atoms with Gasteiger partial charge in [0.1, 0.15) is 0 Å². The summed E-state index contributed by atoms with van der Waals surface area (Å²) in [5, 5.41) is 3.57. The number of nitrogens with one attached hydrogen (secondary N) is 1. The van der Waals surface area contributed by atoms with Gasteiger partial charge in [0.05, 0.1) is 0 Å². The van der Waals surface area contributed by atoms with Crippen LogP contribution in [-0.2, 0) is 0 Å². The Labute approximate surface area is 147 Å².